The molecule has 0 radical (unpaired) electrons. The molecule has 0 bridgehead atoms. The Morgan fingerprint density at radius 2 is 2.05 bits per heavy atom. The second kappa shape index (κ2) is 5.11. The Morgan fingerprint density at radius 1 is 1.29 bits per heavy atom. The Hall–Kier alpha value is -1.95. The number of alkyl halides is 1. The van der Waals surface area contributed by atoms with Crippen LogP contribution in [0.1, 0.15) is 18.4 Å². The Kier molecular flexibility index (Phi) is 3.41. The maximum atomic E-state index is 14.1. The molecule has 0 aliphatic carbocycles. The Labute approximate surface area is 125 Å². The van der Waals surface area contributed by atoms with Crippen LogP contribution in [-0.4, -0.2) is 19.3 Å². The molecule has 7 heteroatoms. The van der Waals surface area contributed by atoms with Crippen molar-refractivity contribution >= 4 is 22.8 Å². The summed E-state index contributed by atoms with van der Waals surface area (Å²) in [6.07, 6.45) is 0.710. The first kappa shape index (κ1) is 14.0. The van der Waals surface area contributed by atoms with Crippen molar-refractivity contribution in [3.8, 4) is 5.69 Å². The Balaban J connectivity index is 2.37. The van der Waals surface area contributed by atoms with Gasteiger partial charge in [-0.15, -0.1) is 11.6 Å². The lowest BCUT2D eigenvalue weighted by molar-refractivity contribution is 0.576. The lowest BCUT2D eigenvalue weighted by Gasteiger charge is -2.09. The van der Waals surface area contributed by atoms with E-state index in [1.807, 2.05) is 6.92 Å². The summed E-state index contributed by atoms with van der Waals surface area (Å²) in [6.45, 7) is 1.97. The number of hydrogen-bond acceptors (Lipinski definition) is 2. The van der Waals surface area contributed by atoms with E-state index in [1.54, 1.807) is 16.3 Å². The SMILES string of the molecule is CCc1nn(C)c2c1nc(CCl)n2-c1ccc(F)cc1F. The Morgan fingerprint density at radius 3 is 2.67 bits per heavy atom. The lowest BCUT2D eigenvalue weighted by atomic mass is 10.3. The molecule has 1 aromatic carbocycles. The smallest absolute Gasteiger partial charge is 0.163 e. The third-order valence-electron chi connectivity index (χ3n) is 3.38. The van der Waals surface area contributed by atoms with Crippen molar-refractivity contribution in [2.75, 3.05) is 0 Å². The van der Waals surface area contributed by atoms with Gasteiger partial charge in [-0.25, -0.2) is 18.4 Å². The zero-order valence-electron chi connectivity index (χ0n) is 11.6. The molecule has 2 heterocycles. The monoisotopic (exact) mass is 310 g/mol. The first-order valence-electron chi connectivity index (χ1n) is 6.51. The summed E-state index contributed by atoms with van der Waals surface area (Å²) < 4.78 is 30.5. The molecule has 0 aliphatic rings. The van der Waals surface area contributed by atoms with E-state index in [9.17, 15) is 8.78 Å². The van der Waals surface area contributed by atoms with Gasteiger partial charge in [0.05, 0.1) is 17.3 Å². The molecule has 3 aromatic rings. The highest BCUT2D eigenvalue weighted by atomic mass is 35.5. The molecule has 0 spiro atoms. The van der Waals surface area contributed by atoms with Crippen molar-refractivity contribution < 1.29 is 8.78 Å². The van der Waals surface area contributed by atoms with Crippen LogP contribution in [0.4, 0.5) is 8.78 Å². The first-order chi connectivity index (χ1) is 10.1. The van der Waals surface area contributed by atoms with Crippen LogP contribution in [0.5, 0.6) is 0 Å². The van der Waals surface area contributed by atoms with E-state index in [2.05, 4.69) is 10.1 Å². The lowest BCUT2D eigenvalue weighted by Crippen LogP contribution is -2.06. The fourth-order valence-electron chi connectivity index (χ4n) is 2.47. The van der Waals surface area contributed by atoms with E-state index in [0.717, 1.165) is 11.8 Å². The van der Waals surface area contributed by atoms with Crippen molar-refractivity contribution in [3.05, 3.63) is 41.4 Å². The highest BCUT2D eigenvalue weighted by molar-refractivity contribution is 6.17. The molecule has 21 heavy (non-hydrogen) atoms. The third kappa shape index (κ3) is 2.10. The molecule has 0 saturated carbocycles. The fourth-order valence-corrected chi connectivity index (χ4v) is 2.65. The molecule has 0 amide bonds. The minimum Gasteiger partial charge on any atom is -0.277 e. The van der Waals surface area contributed by atoms with E-state index < -0.39 is 11.6 Å². The van der Waals surface area contributed by atoms with Gasteiger partial charge in [0, 0.05) is 13.1 Å². The molecular formula is C14H13ClF2N4. The van der Waals surface area contributed by atoms with E-state index in [1.165, 1.54) is 12.1 Å². The number of aryl methyl sites for hydroxylation is 2. The molecule has 0 unspecified atom stereocenters. The number of nitrogens with zero attached hydrogens (tertiary/aromatic N) is 4. The quantitative estimate of drug-likeness (QED) is 0.696. The van der Waals surface area contributed by atoms with Crippen LogP contribution in [0.2, 0.25) is 0 Å². The molecule has 4 nitrogen and oxygen atoms in total. The van der Waals surface area contributed by atoms with Gasteiger partial charge in [0.1, 0.15) is 23.0 Å². The summed E-state index contributed by atoms with van der Waals surface area (Å²) in [5, 5.41) is 4.37. The molecule has 3 rings (SSSR count). The molecule has 0 saturated heterocycles. The van der Waals surface area contributed by atoms with Crippen molar-refractivity contribution in [2.24, 2.45) is 7.05 Å². The summed E-state index contributed by atoms with van der Waals surface area (Å²) in [6, 6.07) is 3.43. The van der Waals surface area contributed by atoms with Crippen LogP contribution in [0.25, 0.3) is 16.9 Å². The highest BCUT2D eigenvalue weighted by Gasteiger charge is 2.21. The zero-order valence-corrected chi connectivity index (χ0v) is 12.3. The van der Waals surface area contributed by atoms with Crippen molar-refractivity contribution in [3.63, 3.8) is 0 Å². The van der Waals surface area contributed by atoms with E-state index in [4.69, 9.17) is 11.6 Å². The number of fused-ring (bicyclic) bond motifs is 1. The van der Waals surface area contributed by atoms with E-state index in [0.29, 0.717) is 23.4 Å². The van der Waals surface area contributed by atoms with Crippen LogP contribution < -0.4 is 0 Å². The number of benzene rings is 1. The second-order valence-corrected chi connectivity index (χ2v) is 4.96. The summed E-state index contributed by atoms with van der Waals surface area (Å²) in [5.41, 5.74) is 2.37. The van der Waals surface area contributed by atoms with E-state index >= 15 is 0 Å². The fraction of sp³-hybridized carbons (Fsp3) is 0.286. The molecule has 0 fully saturated rings. The number of imidazole rings is 1. The van der Waals surface area contributed by atoms with Gasteiger partial charge >= 0.3 is 0 Å². The van der Waals surface area contributed by atoms with Gasteiger partial charge in [0.15, 0.2) is 5.65 Å². The van der Waals surface area contributed by atoms with E-state index in [-0.39, 0.29) is 11.6 Å². The average Bonchev–Trinajstić information content (AvgIpc) is 2.97. The molecular weight excluding hydrogens is 298 g/mol. The topological polar surface area (TPSA) is 35.6 Å². The largest absolute Gasteiger partial charge is 0.277 e. The predicted octanol–water partition coefficient (Wildman–Crippen LogP) is 3.34. The zero-order chi connectivity index (χ0) is 15.1. The maximum Gasteiger partial charge on any atom is 0.163 e. The summed E-state index contributed by atoms with van der Waals surface area (Å²) >= 11 is 5.93. The second-order valence-electron chi connectivity index (χ2n) is 4.69. The first-order valence-corrected chi connectivity index (χ1v) is 7.04. The minimum absolute atomic E-state index is 0.120. The van der Waals surface area contributed by atoms with Gasteiger partial charge in [-0.3, -0.25) is 4.57 Å². The van der Waals surface area contributed by atoms with Crippen LogP contribution in [0.3, 0.4) is 0 Å². The predicted molar refractivity (Wildman–Crippen MR) is 76.7 cm³/mol. The highest BCUT2D eigenvalue weighted by Crippen LogP contribution is 2.26. The third-order valence-corrected chi connectivity index (χ3v) is 3.62. The molecule has 0 aliphatic heterocycles. The van der Waals surface area contributed by atoms with Gasteiger partial charge in [-0.1, -0.05) is 6.92 Å². The van der Waals surface area contributed by atoms with Gasteiger partial charge in [-0.05, 0) is 18.6 Å². The normalized spacial score (nSPS) is 11.5. The van der Waals surface area contributed by atoms with Crippen molar-refractivity contribution in [1.82, 2.24) is 19.3 Å². The summed E-state index contributed by atoms with van der Waals surface area (Å²) in [4.78, 5) is 4.45. The van der Waals surface area contributed by atoms with Crippen LogP contribution in [-0.2, 0) is 19.3 Å². The number of halogens is 3. The van der Waals surface area contributed by atoms with Crippen molar-refractivity contribution in [2.45, 2.75) is 19.2 Å². The maximum absolute atomic E-state index is 14.1. The van der Waals surface area contributed by atoms with Gasteiger partial charge < -0.3 is 0 Å². The summed E-state index contributed by atoms with van der Waals surface area (Å²) in [5.74, 6) is -0.673. The van der Waals surface area contributed by atoms with Gasteiger partial charge in [-0.2, -0.15) is 5.10 Å². The van der Waals surface area contributed by atoms with Gasteiger partial charge in [0.25, 0.3) is 0 Å². The number of hydrogen-bond donors (Lipinski definition) is 0. The minimum atomic E-state index is -0.667. The Bertz CT molecular complexity index is 822. The molecule has 0 atom stereocenters. The average molecular weight is 311 g/mol. The standard InChI is InChI=1S/C14H13ClF2N4/c1-3-10-13-14(20(2)19-10)21(12(7-15)18-13)11-5-4-8(16)6-9(11)17/h4-6H,3,7H2,1-2H3. The number of aromatic nitrogens is 4. The molecule has 2 aromatic heterocycles. The van der Waals surface area contributed by atoms with Gasteiger partial charge in [0.2, 0.25) is 0 Å². The molecule has 0 N–H and O–H groups in total. The summed E-state index contributed by atoms with van der Waals surface area (Å²) in [7, 11) is 1.76. The molecule has 110 valence electrons. The van der Waals surface area contributed by atoms with Crippen LogP contribution >= 0.6 is 11.6 Å². The van der Waals surface area contributed by atoms with Crippen molar-refractivity contribution in [1.29, 1.82) is 0 Å². The van der Waals surface area contributed by atoms with Crippen LogP contribution in [0, 0.1) is 11.6 Å². The number of rotatable bonds is 3. The van der Waals surface area contributed by atoms with Crippen LogP contribution in [0.15, 0.2) is 18.2 Å².